The normalized spacial score (nSPS) is 13.1. The van der Waals surface area contributed by atoms with Gasteiger partial charge in [-0.05, 0) is 12.8 Å². The van der Waals surface area contributed by atoms with E-state index >= 15 is 0 Å². The van der Waals surface area contributed by atoms with Crippen LogP contribution in [0, 0.1) is 0 Å². The Kier molecular flexibility index (Phi) is 54.4. The molecule has 0 aromatic rings. The monoisotopic (exact) mass is 906 g/mol. The lowest BCUT2D eigenvalue weighted by molar-refractivity contribution is -0.125. The van der Waals surface area contributed by atoms with Crippen LogP contribution in [0.1, 0.15) is 348 Å². The first kappa shape index (κ1) is 63.4. The summed E-state index contributed by atoms with van der Waals surface area (Å²) in [5.74, 6) is -0.273. The van der Waals surface area contributed by atoms with Crippen LogP contribution in [0.2, 0.25) is 0 Å². The molecule has 64 heavy (non-hydrogen) atoms. The SMILES string of the molecule is CCCCCCCCCCCCCCCCCCCCCCCCCCCCCCC(O)CC(=O)NC(CO)C(O)CCCCCCCCCCCCCCCCCCCCCCC. The van der Waals surface area contributed by atoms with Gasteiger partial charge in [-0.1, -0.05) is 328 Å². The first-order valence-corrected chi connectivity index (χ1v) is 29.8. The number of rotatable bonds is 56. The van der Waals surface area contributed by atoms with E-state index in [4.69, 9.17) is 0 Å². The lowest BCUT2D eigenvalue weighted by Gasteiger charge is -2.23. The average molecular weight is 907 g/mol. The predicted molar refractivity (Wildman–Crippen MR) is 282 cm³/mol. The van der Waals surface area contributed by atoms with E-state index in [2.05, 4.69) is 19.2 Å². The second-order valence-electron chi connectivity index (χ2n) is 21.0. The molecule has 0 aromatic carbocycles. The molecule has 3 unspecified atom stereocenters. The number of aliphatic hydroxyl groups excluding tert-OH is 3. The van der Waals surface area contributed by atoms with E-state index in [0.717, 1.165) is 25.7 Å². The van der Waals surface area contributed by atoms with Gasteiger partial charge in [-0.2, -0.15) is 0 Å². The molecular weight excluding hydrogens is 787 g/mol. The maximum atomic E-state index is 12.6. The summed E-state index contributed by atoms with van der Waals surface area (Å²) in [7, 11) is 0. The maximum Gasteiger partial charge on any atom is 0.222 e. The summed E-state index contributed by atoms with van der Waals surface area (Å²) >= 11 is 0. The van der Waals surface area contributed by atoms with Gasteiger partial charge in [0.15, 0.2) is 0 Å². The molecule has 5 nitrogen and oxygen atoms in total. The summed E-state index contributed by atoms with van der Waals surface area (Å²) in [6.07, 6.45) is 67.0. The van der Waals surface area contributed by atoms with E-state index in [1.165, 1.54) is 289 Å². The van der Waals surface area contributed by atoms with Crippen LogP contribution in [0.3, 0.4) is 0 Å². The van der Waals surface area contributed by atoms with Crippen molar-refractivity contribution in [3.05, 3.63) is 0 Å². The molecule has 0 saturated heterocycles. The minimum Gasteiger partial charge on any atom is -0.394 e. The van der Waals surface area contributed by atoms with Crippen LogP contribution in [0.4, 0.5) is 0 Å². The molecular formula is C59H119NO4. The van der Waals surface area contributed by atoms with Crippen molar-refractivity contribution in [2.24, 2.45) is 0 Å². The van der Waals surface area contributed by atoms with E-state index in [-0.39, 0.29) is 18.9 Å². The molecule has 0 aliphatic heterocycles. The third kappa shape index (κ3) is 50.8. The minimum atomic E-state index is -0.746. The Hall–Kier alpha value is -0.650. The van der Waals surface area contributed by atoms with E-state index in [1.54, 1.807) is 0 Å². The highest BCUT2D eigenvalue weighted by Crippen LogP contribution is 2.19. The lowest BCUT2D eigenvalue weighted by Crippen LogP contribution is -2.46. The second-order valence-corrected chi connectivity index (χ2v) is 21.0. The first-order chi connectivity index (χ1) is 31.5. The molecule has 0 spiro atoms. The van der Waals surface area contributed by atoms with Gasteiger partial charge in [0.05, 0.1) is 31.3 Å². The van der Waals surface area contributed by atoms with Crippen molar-refractivity contribution in [2.75, 3.05) is 6.61 Å². The summed E-state index contributed by atoms with van der Waals surface area (Å²) in [6.45, 7) is 4.31. The second kappa shape index (κ2) is 55.0. The Morgan fingerprint density at radius 3 is 0.750 bits per heavy atom. The van der Waals surface area contributed by atoms with Crippen molar-refractivity contribution in [1.82, 2.24) is 5.32 Å². The van der Waals surface area contributed by atoms with E-state index in [1.807, 2.05) is 0 Å². The van der Waals surface area contributed by atoms with E-state index in [0.29, 0.717) is 12.8 Å². The summed E-state index contributed by atoms with van der Waals surface area (Å²) in [5.41, 5.74) is 0. The molecule has 0 saturated carbocycles. The topological polar surface area (TPSA) is 89.8 Å². The van der Waals surface area contributed by atoms with Crippen LogP contribution >= 0.6 is 0 Å². The summed E-state index contributed by atoms with van der Waals surface area (Å²) < 4.78 is 0. The minimum absolute atomic E-state index is 0.0437. The molecule has 0 aliphatic carbocycles. The van der Waals surface area contributed by atoms with Crippen LogP contribution in [0.15, 0.2) is 0 Å². The molecule has 4 N–H and O–H groups in total. The highest BCUT2D eigenvalue weighted by molar-refractivity contribution is 5.76. The number of carbonyl (C=O) groups excluding carboxylic acids is 1. The van der Waals surface area contributed by atoms with Crippen molar-refractivity contribution in [1.29, 1.82) is 0 Å². The van der Waals surface area contributed by atoms with Gasteiger partial charge in [0, 0.05) is 0 Å². The van der Waals surface area contributed by atoms with Crippen LogP contribution < -0.4 is 5.32 Å². The van der Waals surface area contributed by atoms with Gasteiger partial charge >= 0.3 is 0 Å². The number of carbonyl (C=O) groups is 1. The number of aliphatic hydroxyl groups is 3. The van der Waals surface area contributed by atoms with Gasteiger partial charge in [-0.25, -0.2) is 0 Å². The van der Waals surface area contributed by atoms with Gasteiger partial charge in [-0.15, -0.1) is 0 Å². The molecule has 0 heterocycles. The Bertz CT molecular complexity index is 868. The van der Waals surface area contributed by atoms with Crippen LogP contribution in [0.5, 0.6) is 0 Å². The molecule has 0 aliphatic rings. The first-order valence-electron chi connectivity index (χ1n) is 29.8. The van der Waals surface area contributed by atoms with Crippen molar-refractivity contribution in [3.63, 3.8) is 0 Å². The molecule has 3 atom stereocenters. The molecule has 0 bridgehead atoms. The molecule has 5 heteroatoms. The van der Waals surface area contributed by atoms with Crippen molar-refractivity contribution < 1.29 is 20.1 Å². The van der Waals surface area contributed by atoms with Crippen molar-refractivity contribution in [2.45, 2.75) is 366 Å². The molecule has 0 rings (SSSR count). The van der Waals surface area contributed by atoms with Gasteiger partial charge in [0.25, 0.3) is 0 Å². The summed E-state index contributed by atoms with van der Waals surface area (Å²) in [6, 6.07) is -0.654. The molecule has 0 radical (unpaired) electrons. The van der Waals surface area contributed by atoms with Crippen molar-refractivity contribution >= 4 is 5.91 Å². The zero-order chi connectivity index (χ0) is 46.5. The van der Waals surface area contributed by atoms with Gasteiger partial charge in [0.1, 0.15) is 0 Å². The zero-order valence-corrected chi connectivity index (χ0v) is 44.0. The van der Waals surface area contributed by atoms with Crippen LogP contribution in [-0.2, 0) is 4.79 Å². The van der Waals surface area contributed by atoms with E-state index < -0.39 is 18.2 Å². The Balaban J connectivity index is 3.46. The fourth-order valence-corrected chi connectivity index (χ4v) is 9.88. The third-order valence-electron chi connectivity index (χ3n) is 14.4. The lowest BCUT2D eigenvalue weighted by atomic mass is 10.0. The smallest absolute Gasteiger partial charge is 0.222 e. The van der Waals surface area contributed by atoms with Crippen LogP contribution in [0.25, 0.3) is 0 Å². The highest BCUT2D eigenvalue weighted by Gasteiger charge is 2.21. The fourth-order valence-electron chi connectivity index (χ4n) is 9.88. The number of hydrogen-bond donors (Lipinski definition) is 4. The Labute approximate surface area is 402 Å². The molecule has 0 aromatic heterocycles. The zero-order valence-electron chi connectivity index (χ0n) is 44.0. The average Bonchev–Trinajstić information content (AvgIpc) is 3.29. The van der Waals surface area contributed by atoms with Crippen molar-refractivity contribution in [3.8, 4) is 0 Å². The predicted octanol–water partition coefficient (Wildman–Crippen LogP) is 18.5. The summed E-state index contributed by atoms with van der Waals surface area (Å²) in [4.78, 5) is 12.6. The standard InChI is InChI=1S/C59H119NO4/c1-3-5-7-9-11-13-15-17-19-21-23-25-26-27-28-29-30-31-33-34-36-38-40-42-44-46-48-50-52-56(62)54-59(64)60-57(55-61)58(63)53-51-49-47-45-43-41-39-37-35-32-24-22-20-18-16-14-12-10-8-6-4-2/h56-58,61-63H,3-55H2,1-2H3,(H,60,64). The number of nitrogens with one attached hydrogen (secondary N) is 1. The van der Waals surface area contributed by atoms with Gasteiger partial charge in [0.2, 0.25) is 5.91 Å². The van der Waals surface area contributed by atoms with Gasteiger partial charge < -0.3 is 20.6 Å². The maximum absolute atomic E-state index is 12.6. The highest BCUT2D eigenvalue weighted by atomic mass is 16.3. The third-order valence-corrected chi connectivity index (χ3v) is 14.4. The Morgan fingerprint density at radius 2 is 0.531 bits per heavy atom. The largest absolute Gasteiger partial charge is 0.394 e. The summed E-state index contributed by atoms with van der Waals surface area (Å²) in [5, 5.41) is 33.7. The fraction of sp³-hybridized carbons (Fsp3) is 0.983. The molecule has 384 valence electrons. The van der Waals surface area contributed by atoms with Crippen LogP contribution in [-0.4, -0.2) is 46.1 Å². The number of unbranched alkanes of at least 4 members (excludes halogenated alkanes) is 47. The van der Waals surface area contributed by atoms with Gasteiger partial charge in [-0.3, -0.25) is 4.79 Å². The molecule has 0 fully saturated rings. The number of amides is 1. The van der Waals surface area contributed by atoms with E-state index in [9.17, 15) is 20.1 Å². The Morgan fingerprint density at radius 1 is 0.328 bits per heavy atom. The quantitative estimate of drug-likeness (QED) is 0.0458. The molecule has 1 amide bonds. The number of hydrogen-bond acceptors (Lipinski definition) is 4.